The first-order valence-corrected chi connectivity index (χ1v) is 6.58. The van der Waals surface area contributed by atoms with Crippen LogP contribution < -0.4 is 9.61 Å². The van der Waals surface area contributed by atoms with Crippen molar-refractivity contribution in [3.05, 3.63) is 38.8 Å². The molecule has 2 rings (SSSR count). The van der Waals surface area contributed by atoms with Gasteiger partial charge in [-0.1, -0.05) is 23.5 Å². The predicted molar refractivity (Wildman–Crippen MR) is 76.2 cm³/mol. The van der Waals surface area contributed by atoms with Crippen molar-refractivity contribution in [1.29, 1.82) is 0 Å². The van der Waals surface area contributed by atoms with E-state index in [-0.39, 0.29) is 10.8 Å². The Kier molecular flexibility index (Phi) is 4.01. The molecule has 100 valence electrons. The molecule has 1 aromatic heterocycles. The largest absolute Gasteiger partial charge is 0.494 e. The Hall–Kier alpha value is -2.08. The molecule has 0 saturated carbocycles. The van der Waals surface area contributed by atoms with Gasteiger partial charge in [0, 0.05) is 6.54 Å². The zero-order chi connectivity index (χ0) is 13.8. The first kappa shape index (κ1) is 13.4. The second-order valence-electron chi connectivity index (χ2n) is 3.73. The lowest BCUT2D eigenvalue weighted by atomic mass is 10.3. The highest BCUT2D eigenvalue weighted by Gasteiger charge is 2.10. The molecule has 1 aromatic carbocycles. The van der Waals surface area contributed by atoms with E-state index in [1.807, 2.05) is 12.1 Å². The standard InChI is InChI=1S/C13H14N2O3S/c1-3-15-12(16)11(19-13(15)17)8-14-9-6-4-5-7-10(9)18-2/h4-8,16H,3H2,1-2H3. The van der Waals surface area contributed by atoms with Gasteiger partial charge < -0.3 is 9.84 Å². The van der Waals surface area contributed by atoms with E-state index in [0.717, 1.165) is 11.3 Å². The zero-order valence-corrected chi connectivity index (χ0v) is 11.5. The molecule has 5 nitrogen and oxygen atoms in total. The second kappa shape index (κ2) is 5.71. The fourth-order valence-corrected chi connectivity index (χ4v) is 2.46. The Bertz CT molecular complexity index is 658. The summed E-state index contributed by atoms with van der Waals surface area (Å²) in [6, 6.07) is 7.29. The predicted octanol–water partition coefficient (Wildman–Crippen LogP) is 2.39. The lowest BCUT2D eigenvalue weighted by Crippen LogP contribution is -2.09. The van der Waals surface area contributed by atoms with Crippen LogP contribution in [0.15, 0.2) is 34.1 Å². The Morgan fingerprint density at radius 2 is 2.21 bits per heavy atom. The Morgan fingerprint density at radius 3 is 2.84 bits per heavy atom. The number of nitrogens with zero attached hydrogens (tertiary/aromatic N) is 2. The van der Waals surface area contributed by atoms with E-state index in [0.29, 0.717) is 22.9 Å². The molecule has 0 radical (unpaired) electrons. The molecule has 19 heavy (non-hydrogen) atoms. The van der Waals surface area contributed by atoms with E-state index in [1.54, 1.807) is 26.2 Å². The average Bonchev–Trinajstić information content (AvgIpc) is 2.71. The number of aromatic nitrogens is 1. The minimum atomic E-state index is -0.193. The third-order valence-corrected chi connectivity index (χ3v) is 3.52. The maximum atomic E-state index is 11.6. The van der Waals surface area contributed by atoms with Gasteiger partial charge in [-0.05, 0) is 19.1 Å². The number of benzene rings is 1. The first-order valence-electron chi connectivity index (χ1n) is 5.77. The summed E-state index contributed by atoms with van der Waals surface area (Å²) < 4.78 is 6.47. The number of ether oxygens (including phenoxy) is 1. The molecule has 6 heteroatoms. The number of hydrogen-bond acceptors (Lipinski definition) is 5. The van der Waals surface area contributed by atoms with Crippen molar-refractivity contribution in [2.45, 2.75) is 13.5 Å². The summed E-state index contributed by atoms with van der Waals surface area (Å²) in [5, 5.41) is 9.87. The van der Waals surface area contributed by atoms with Crippen LogP contribution in [0.5, 0.6) is 11.6 Å². The highest BCUT2D eigenvalue weighted by Crippen LogP contribution is 2.27. The van der Waals surface area contributed by atoms with Gasteiger partial charge in [0.25, 0.3) is 0 Å². The summed E-state index contributed by atoms with van der Waals surface area (Å²) in [4.78, 5) is 16.1. The van der Waals surface area contributed by atoms with E-state index in [9.17, 15) is 9.90 Å². The minimum absolute atomic E-state index is 0.0452. The Labute approximate surface area is 114 Å². The van der Waals surface area contributed by atoms with Crippen LogP contribution in [0, 0.1) is 0 Å². The van der Waals surface area contributed by atoms with Crippen LogP contribution in [0.1, 0.15) is 11.8 Å². The number of para-hydroxylation sites is 2. The Morgan fingerprint density at radius 1 is 1.47 bits per heavy atom. The first-order chi connectivity index (χ1) is 9.17. The maximum absolute atomic E-state index is 11.6. The van der Waals surface area contributed by atoms with Gasteiger partial charge in [-0.3, -0.25) is 14.4 Å². The topological polar surface area (TPSA) is 63.8 Å². The molecule has 0 saturated heterocycles. The van der Waals surface area contributed by atoms with Gasteiger partial charge in [0.05, 0.1) is 13.3 Å². The fraction of sp³-hybridized carbons (Fsp3) is 0.231. The molecule has 0 atom stereocenters. The summed E-state index contributed by atoms with van der Waals surface area (Å²) in [6.07, 6.45) is 1.48. The normalized spacial score (nSPS) is 11.1. The molecule has 0 bridgehead atoms. The zero-order valence-electron chi connectivity index (χ0n) is 10.7. The summed E-state index contributed by atoms with van der Waals surface area (Å²) in [5.41, 5.74) is 0.647. The molecule has 1 N–H and O–H groups in total. The number of methoxy groups -OCH3 is 1. The van der Waals surface area contributed by atoms with Crippen LogP contribution in [0.2, 0.25) is 0 Å². The highest BCUT2D eigenvalue weighted by atomic mass is 32.1. The van der Waals surface area contributed by atoms with Crippen LogP contribution in [0.4, 0.5) is 5.69 Å². The van der Waals surface area contributed by atoms with Crippen LogP contribution in [-0.4, -0.2) is 23.0 Å². The SMILES string of the molecule is CCn1c(O)c(C=Nc2ccccc2OC)sc1=O. The smallest absolute Gasteiger partial charge is 0.310 e. The van der Waals surface area contributed by atoms with Crippen molar-refractivity contribution >= 4 is 23.2 Å². The highest BCUT2D eigenvalue weighted by molar-refractivity contribution is 7.11. The summed E-state index contributed by atoms with van der Waals surface area (Å²) >= 11 is 0.966. The van der Waals surface area contributed by atoms with Gasteiger partial charge in [-0.25, -0.2) is 0 Å². The van der Waals surface area contributed by atoms with Crippen molar-refractivity contribution in [3.8, 4) is 11.6 Å². The molecule has 0 amide bonds. The summed E-state index contributed by atoms with van der Waals surface area (Å²) in [7, 11) is 1.57. The van der Waals surface area contributed by atoms with Crippen molar-refractivity contribution in [2.24, 2.45) is 4.99 Å². The molecule has 0 aliphatic rings. The number of hydrogen-bond donors (Lipinski definition) is 1. The number of aliphatic imine (C=N–C) groups is 1. The molecule has 1 heterocycles. The fourth-order valence-electron chi connectivity index (χ4n) is 1.64. The van der Waals surface area contributed by atoms with Gasteiger partial charge in [0.2, 0.25) is 5.88 Å². The van der Waals surface area contributed by atoms with Crippen LogP contribution in [0.3, 0.4) is 0 Å². The van der Waals surface area contributed by atoms with E-state index in [2.05, 4.69) is 4.99 Å². The van der Waals surface area contributed by atoms with Crippen LogP contribution >= 0.6 is 11.3 Å². The Balaban J connectivity index is 2.35. The van der Waals surface area contributed by atoms with Crippen molar-refractivity contribution < 1.29 is 9.84 Å². The molecule has 0 spiro atoms. The molecule has 2 aromatic rings. The van der Waals surface area contributed by atoms with Gasteiger partial charge in [-0.2, -0.15) is 0 Å². The van der Waals surface area contributed by atoms with Crippen molar-refractivity contribution in [1.82, 2.24) is 4.57 Å². The molecular formula is C13H14N2O3S. The third-order valence-electron chi connectivity index (χ3n) is 2.62. The van der Waals surface area contributed by atoms with Gasteiger partial charge in [0.1, 0.15) is 16.3 Å². The molecule has 0 aliphatic carbocycles. The number of aromatic hydroxyl groups is 1. The maximum Gasteiger partial charge on any atom is 0.310 e. The third kappa shape index (κ3) is 2.68. The van der Waals surface area contributed by atoms with E-state index < -0.39 is 0 Å². The molecular weight excluding hydrogens is 264 g/mol. The summed E-state index contributed by atoms with van der Waals surface area (Å²) in [6.45, 7) is 2.23. The lowest BCUT2D eigenvalue weighted by molar-refractivity contribution is 0.416. The minimum Gasteiger partial charge on any atom is -0.494 e. The monoisotopic (exact) mass is 278 g/mol. The van der Waals surface area contributed by atoms with E-state index in [1.165, 1.54) is 10.8 Å². The van der Waals surface area contributed by atoms with Crippen molar-refractivity contribution in [3.63, 3.8) is 0 Å². The lowest BCUT2D eigenvalue weighted by Gasteiger charge is -2.02. The van der Waals surface area contributed by atoms with Gasteiger partial charge in [0.15, 0.2) is 0 Å². The van der Waals surface area contributed by atoms with E-state index >= 15 is 0 Å². The quantitative estimate of drug-likeness (QED) is 0.873. The van der Waals surface area contributed by atoms with Crippen LogP contribution in [0.25, 0.3) is 0 Å². The summed E-state index contributed by atoms with van der Waals surface area (Å²) in [5.74, 6) is 0.594. The molecule has 0 aliphatic heterocycles. The second-order valence-corrected chi connectivity index (χ2v) is 4.72. The average molecular weight is 278 g/mol. The van der Waals surface area contributed by atoms with Gasteiger partial charge in [-0.15, -0.1) is 0 Å². The van der Waals surface area contributed by atoms with Crippen LogP contribution in [-0.2, 0) is 6.54 Å². The molecule has 0 fully saturated rings. The number of rotatable bonds is 4. The molecule has 0 unspecified atom stereocenters. The van der Waals surface area contributed by atoms with E-state index in [4.69, 9.17) is 4.74 Å². The van der Waals surface area contributed by atoms with Crippen molar-refractivity contribution in [2.75, 3.05) is 7.11 Å². The van der Waals surface area contributed by atoms with Gasteiger partial charge >= 0.3 is 4.87 Å². The number of thiazole rings is 1.